The monoisotopic (exact) mass is 491 g/mol. The number of carbonyl (C=O) groups is 1. The molecular formula is C26H25N3O5S. The summed E-state index contributed by atoms with van der Waals surface area (Å²) in [5.74, 6) is 2.85. The first kappa shape index (κ1) is 23.0. The largest absolute Gasteiger partial charge is 0.497 e. The molecule has 0 bridgehead atoms. The van der Waals surface area contributed by atoms with Gasteiger partial charge in [0, 0.05) is 22.5 Å². The number of thioether (sulfide) groups is 1. The Morgan fingerprint density at radius 2 is 1.89 bits per heavy atom. The minimum atomic E-state index is -0.137. The Labute approximate surface area is 207 Å². The highest BCUT2D eigenvalue weighted by atomic mass is 32.2. The first-order valence-electron chi connectivity index (χ1n) is 11.2. The average molecular weight is 492 g/mol. The second-order valence-electron chi connectivity index (χ2n) is 8.21. The van der Waals surface area contributed by atoms with Crippen LogP contribution in [-0.2, 0) is 6.54 Å². The van der Waals surface area contributed by atoms with Crippen LogP contribution in [0.4, 0.5) is 0 Å². The molecule has 0 saturated heterocycles. The van der Waals surface area contributed by atoms with Crippen LogP contribution in [0.2, 0.25) is 0 Å². The molecule has 0 saturated carbocycles. The lowest BCUT2D eigenvalue weighted by Gasteiger charge is -2.27. The van der Waals surface area contributed by atoms with E-state index in [9.17, 15) is 4.79 Å². The van der Waals surface area contributed by atoms with Crippen molar-refractivity contribution in [2.24, 2.45) is 0 Å². The molecule has 8 nitrogen and oxygen atoms in total. The van der Waals surface area contributed by atoms with Gasteiger partial charge in [0.05, 0.1) is 19.4 Å². The molecule has 0 N–H and O–H groups in total. The Morgan fingerprint density at radius 3 is 2.66 bits per heavy atom. The van der Waals surface area contributed by atoms with Gasteiger partial charge in [-0.15, -0.1) is 10.2 Å². The number of fused-ring (bicyclic) bond motifs is 1. The summed E-state index contributed by atoms with van der Waals surface area (Å²) in [7, 11) is 1.61. The van der Waals surface area contributed by atoms with Crippen LogP contribution in [-0.4, -0.2) is 46.1 Å². The summed E-state index contributed by atoms with van der Waals surface area (Å²) < 4.78 is 24.9. The number of rotatable bonds is 8. The molecule has 4 aromatic rings. The second kappa shape index (κ2) is 9.87. The first-order chi connectivity index (χ1) is 17.0. The van der Waals surface area contributed by atoms with E-state index in [0.29, 0.717) is 29.8 Å². The fourth-order valence-corrected chi connectivity index (χ4v) is 4.69. The van der Waals surface area contributed by atoms with Crippen molar-refractivity contribution >= 4 is 17.5 Å². The summed E-state index contributed by atoms with van der Waals surface area (Å²) in [6.45, 7) is 5.01. The van der Waals surface area contributed by atoms with Gasteiger partial charge >= 0.3 is 0 Å². The van der Waals surface area contributed by atoms with Crippen molar-refractivity contribution in [2.45, 2.75) is 31.7 Å². The molecule has 1 aliphatic rings. The number of para-hydroxylation sites is 2. The van der Waals surface area contributed by atoms with Gasteiger partial charge in [-0.3, -0.25) is 4.79 Å². The molecule has 3 heterocycles. The lowest BCUT2D eigenvalue weighted by atomic mass is 10.2. The molecule has 0 radical (unpaired) electrons. The third-order valence-corrected chi connectivity index (χ3v) is 6.72. The van der Waals surface area contributed by atoms with E-state index in [0.717, 1.165) is 34.2 Å². The lowest BCUT2D eigenvalue weighted by molar-refractivity contribution is 0.0777. The molecule has 2 aromatic heterocycles. The molecule has 0 aliphatic carbocycles. The molecule has 9 heteroatoms. The summed E-state index contributed by atoms with van der Waals surface area (Å²) in [6, 6.07) is 16.9. The number of carbonyl (C=O) groups excluding carboxylic acids is 1. The molecule has 180 valence electrons. The highest BCUT2D eigenvalue weighted by Crippen LogP contribution is 2.32. The zero-order valence-corrected chi connectivity index (χ0v) is 20.5. The van der Waals surface area contributed by atoms with Crippen LogP contribution in [0.25, 0.3) is 11.5 Å². The number of hydrogen-bond acceptors (Lipinski definition) is 8. The molecule has 1 atom stereocenters. The lowest BCUT2D eigenvalue weighted by Crippen LogP contribution is -2.33. The Bertz CT molecular complexity index is 1350. The molecule has 5 rings (SSSR count). The SMILES string of the molecule is COc1ccc(-c2nnc(SCC(=O)c3cc(C)n(CC4COc5ccccc5O4)c3C)o2)cc1. The number of benzene rings is 2. The topological polar surface area (TPSA) is 88.6 Å². The average Bonchev–Trinajstić information content (AvgIpc) is 3.47. The number of ketones is 1. The van der Waals surface area contributed by atoms with Gasteiger partial charge in [-0.25, -0.2) is 0 Å². The van der Waals surface area contributed by atoms with E-state index in [2.05, 4.69) is 14.8 Å². The van der Waals surface area contributed by atoms with E-state index < -0.39 is 0 Å². The maximum Gasteiger partial charge on any atom is 0.277 e. The zero-order valence-electron chi connectivity index (χ0n) is 19.7. The van der Waals surface area contributed by atoms with Crippen LogP contribution in [0.15, 0.2) is 64.2 Å². The fraction of sp³-hybridized carbons (Fsp3) is 0.269. The van der Waals surface area contributed by atoms with Crippen molar-refractivity contribution in [2.75, 3.05) is 19.5 Å². The van der Waals surface area contributed by atoms with E-state index in [1.165, 1.54) is 11.8 Å². The minimum Gasteiger partial charge on any atom is -0.497 e. The van der Waals surface area contributed by atoms with E-state index in [-0.39, 0.29) is 17.6 Å². The third kappa shape index (κ3) is 4.90. The molecule has 1 aliphatic heterocycles. The minimum absolute atomic E-state index is 0.00436. The number of aromatic nitrogens is 3. The van der Waals surface area contributed by atoms with Crippen LogP contribution >= 0.6 is 11.8 Å². The summed E-state index contributed by atoms with van der Waals surface area (Å²) >= 11 is 1.23. The number of nitrogens with zero attached hydrogens (tertiary/aromatic N) is 3. The standard InChI is InChI=1S/C26H25N3O5S/c1-16-12-21(17(2)29(16)13-20-14-32-23-6-4-5-7-24(23)33-20)22(30)15-35-26-28-27-25(34-26)18-8-10-19(31-3)11-9-18/h4-12,20H,13-15H2,1-3H3. The van der Waals surface area contributed by atoms with Gasteiger partial charge in [0.25, 0.3) is 5.22 Å². The van der Waals surface area contributed by atoms with Gasteiger partial charge in [0.1, 0.15) is 12.4 Å². The zero-order chi connectivity index (χ0) is 24.4. The van der Waals surface area contributed by atoms with Gasteiger partial charge in [-0.2, -0.15) is 0 Å². The van der Waals surface area contributed by atoms with Gasteiger partial charge in [0.2, 0.25) is 5.89 Å². The Balaban J connectivity index is 1.22. The first-order valence-corrected chi connectivity index (χ1v) is 12.2. The van der Waals surface area contributed by atoms with Crippen molar-refractivity contribution in [3.8, 4) is 28.7 Å². The van der Waals surface area contributed by atoms with Crippen LogP contribution in [0.5, 0.6) is 17.2 Å². The van der Waals surface area contributed by atoms with Crippen molar-refractivity contribution in [1.29, 1.82) is 0 Å². The highest BCUT2D eigenvalue weighted by molar-refractivity contribution is 7.99. The molecule has 2 aromatic carbocycles. The van der Waals surface area contributed by atoms with Crippen molar-refractivity contribution in [3.05, 3.63) is 71.5 Å². The van der Waals surface area contributed by atoms with Crippen LogP contribution in [0.3, 0.4) is 0 Å². The maximum absolute atomic E-state index is 13.0. The summed E-state index contributed by atoms with van der Waals surface area (Å²) in [5.41, 5.74) is 3.37. The highest BCUT2D eigenvalue weighted by Gasteiger charge is 2.24. The van der Waals surface area contributed by atoms with E-state index in [4.69, 9.17) is 18.6 Å². The normalized spacial score (nSPS) is 14.7. The summed E-state index contributed by atoms with van der Waals surface area (Å²) in [4.78, 5) is 13.0. The maximum atomic E-state index is 13.0. The van der Waals surface area contributed by atoms with Crippen LogP contribution < -0.4 is 14.2 Å². The molecule has 0 fully saturated rings. The van der Waals surface area contributed by atoms with Crippen LogP contribution in [0.1, 0.15) is 21.7 Å². The molecular weight excluding hydrogens is 466 g/mol. The number of hydrogen-bond donors (Lipinski definition) is 0. The number of Topliss-reactive ketones (excluding diaryl/α,β-unsaturated/α-hetero) is 1. The van der Waals surface area contributed by atoms with Gasteiger partial charge in [-0.1, -0.05) is 23.9 Å². The molecule has 0 amide bonds. The quantitative estimate of drug-likeness (QED) is 0.252. The summed E-state index contributed by atoms with van der Waals surface area (Å²) in [6.07, 6.45) is -0.137. The van der Waals surface area contributed by atoms with Crippen molar-refractivity contribution in [1.82, 2.24) is 14.8 Å². The predicted molar refractivity (Wildman–Crippen MR) is 132 cm³/mol. The van der Waals surface area contributed by atoms with E-state index in [1.807, 2.05) is 68.4 Å². The number of aryl methyl sites for hydroxylation is 1. The van der Waals surface area contributed by atoms with Gasteiger partial charge < -0.3 is 23.2 Å². The second-order valence-corrected chi connectivity index (χ2v) is 9.13. The number of ether oxygens (including phenoxy) is 3. The van der Waals surface area contributed by atoms with Gasteiger partial charge in [-0.05, 0) is 56.3 Å². The van der Waals surface area contributed by atoms with E-state index in [1.54, 1.807) is 7.11 Å². The fourth-order valence-electron chi connectivity index (χ4n) is 4.04. The number of methoxy groups -OCH3 is 1. The Morgan fingerprint density at radius 1 is 1.11 bits per heavy atom. The summed E-state index contributed by atoms with van der Waals surface area (Å²) in [5, 5.41) is 8.51. The van der Waals surface area contributed by atoms with E-state index >= 15 is 0 Å². The third-order valence-electron chi connectivity index (χ3n) is 5.90. The van der Waals surface area contributed by atoms with Crippen molar-refractivity contribution < 1.29 is 23.4 Å². The van der Waals surface area contributed by atoms with Crippen molar-refractivity contribution in [3.63, 3.8) is 0 Å². The Hall–Kier alpha value is -3.72. The molecule has 1 unspecified atom stereocenters. The Kier molecular flexibility index (Phi) is 6.50. The molecule has 0 spiro atoms. The predicted octanol–water partition coefficient (Wildman–Crippen LogP) is 4.98. The smallest absolute Gasteiger partial charge is 0.277 e. The molecule has 35 heavy (non-hydrogen) atoms. The van der Waals surface area contributed by atoms with Gasteiger partial charge in [0.15, 0.2) is 23.4 Å². The van der Waals surface area contributed by atoms with Crippen LogP contribution in [0, 0.1) is 13.8 Å².